The molecule has 0 unspecified atom stereocenters. The molecule has 0 spiro atoms. The van der Waals surface area contributed by atoms with Gasteiger partial charge in [0.25, 0.3) is 5.91 Å². The molecule has 0 radical (unpaired) electrons. The van der Waals surface area contributed by atoms with Crippen molar-refractivity contribution in [3.8, 4) is 5.75 Å². The fourth-order valence-corrected chi connectivity index (χ4v) is 3.06. The molecule has 1 atom stereocenters. The lowest BCUT2D eigenvalue weighted by Crippen LogP contribution is -2.49. The highest BCUT2D eigenvalue weighted by molar-refractivity contribution is 6.30. The second kappa shape index (κ2) is 9.97. The number of hydrogen-bond donors (Lipinski definition) is 1. The maximum Gasteiger partial charge on any atom is 0.261 e. The van der Waals surface area contributed by atoms with E-state index in [1.807, 2.05) is 38.1 Å². The van der Waals surface area contributed by atoms with Gasteiger partial charge < -0.3 is 15.0 Å². The Hall–Kier alpha value is -2.53. The molecule has 5 nitrogen and oxygen atoms in total. The first-order valence-electron chi connectivity index (χ1n) is 8.89. The molecule has 0 aliphatic carbocycles. The van der Waals surface area contributed by atoms with Crippen molar-refractivity contribution in [1.29, 1.82) is 0 Å². The second-order valence-electron chi connectivity index (χ2n) is 6.30. The van der Waals surface area contributed by atoms with E-state index in [2.05, 4.69) is 5.32 Å². The van der Waals surface area contributed by atoms with Gasteiger partial charge in [-0.25, -0.2) is 0 Å². The molecule has 27 heavy (non-hydrogen) atoms. The summed E-state index contributed by atoms with van der Waals surface area (Å²) in [6, 6.07) is 14.2. The molecule has 0 heterocycles. The summed E-state index contributed by atoms with van der Waals surface area (Å²) in [4.78, 5) is 26.8. The maximum atomic E-state index is 12.9. The molecule has 2 amide bonds. The van der Waals surface area contributed by atoms with E-state index >= 15 is 0 Å². The molecule has 0 saturated heterocycles. The molecule has 0 saturated carbocycles. The Morgan fingerprint density at radius 1 is 1.19 bits per heavy atom. The molecule has 2 aromatic carbocycles. The van der Waals surface area contributed by atoms with Crippen molar-refractivity contribution >= 4 is 23.4 Å². The number of likely N-dealkylation sites (N-methyl/N-ethyl adjacent to an activating group) is 1. The van der Waals surface area contributed by atoms with Crippen molar-refractivity contribution in [3.63, 3.8) is 0 Å². The fraction of sp³-hybridized carbons (Fsp3) is 0.333. The van der Waals surface area contributed by atoms with Crippen molar-refractivity contribution < 1.29 is 14.3 Å². The van der Waals surface area contributed by atoms with Crippen molar-refractivity contribution in [1.82, 2.24) is 10.2 Å². The average Bonchev–Trinajstić information content (AvgIpc) is 2.65. The van der Waals surface area contributed by atoms with E-state index in [4.69, 9.17) is 16.3 Å². The fourth-order valence-electron chi connectivity index (χ4n) is 2.88. The lowest BCUT2D eigenvalue weighted by atomic mass is 10.1. The summed E-state index contributed by atoms with van der Waals surface area (Å²) in [6.07, 6.45) is 0.508. The lowest BCUT2D eigenvalue weighted by molar-refractivity contribution is -0.142. The number of benzene rings is 2. The van der Waals surface area contributed by atoms with E-state index in [1.165, 1.54) is 0 Å². The normalized spacial score (nSPS) is 11.6. The number of hydrogen-bond acceptors (Lipinski definition) is 3. The van der Waals surface area contributed by atoms with Gasteiger partial charge >= 0.3 is 0 Å². The Bertz CT molecular complexity index is 795. The van der Waals surface area contributed by atoms with Crippen LogP contribution < -0.4 is 10.1 Å². The molecular weight excluding hydrogens is 364 g/mol. The van der Waals surface area contributed by atoms with Crippen LogP contribution >= 0.6 is 11.6 Å². The third-order valence-corrected chi connectivity index (χ3v) is 4.46. The van der Waals surface area contributed by atoms with Gasteiger partial charge in [-0.1, -0.05) is 54.4 Å². The van der Waals surface area contributed by atoms with Gasteiger partial charge in [0.1, 0.15) is 11.8 Å². The molecule has 1 N–H and O–H groups in total. The molecule has 2 aromatic rings. The average molecular weight is 389 g/mol. The molecule has 0 aromatic heterocycles. The Morgan fingerprint density at radius 2 is 1.93 bits per heavy atom. The highest BCUT2D eigenvalue weighted by Crippen LogP contribution is 2.18. The minimum absolute atomic E-state index is 0.167. The van der Waals surface area contributed by atoms with Gasteiger partial charge in [0, 0.05) is 18.6 Å². The summed E-state index contributed by atoms with van der Waals surface area (Å²) >= 11 is 5.95. The van der Waals surface area contributed by atoms with E-state index < -0.39 is 6.04 Å². The Kier molecular flexibility index (Phi) is 7.67. The highest BCUT2D eigenvalue weighted by Gasteiger charge is 2.28. The first-order chi connectivity index (χ1) is 12.9. The van der Waals surface area contributed by atoms with Crippen molar-refractivity contribution in [2.45, 2.75) is 32.9 Å². The summed E-state index contributed by atoms with van der Waals surface area (Å²) in [5.41, 5.74) is 2.07. The van der Waals surface area contributed by atoms with Gasteiger partial charge in [-0.05, 0) is 37.1 Å². The topological polar surface area (TPSA) is 58.6 Å². The van der Waals surface area contributed by atoms with Crippen LogP contribution in [-0.4, -0.2) is 36.4 Å². The zero-order chi connectivity index (χ0) is 19.8. The molecule has 0 fully saturated rings. The number of carbonyl (C=O) groups excluding carboxylic acids is 2. The smallest absolute Gasteiger partial charge is 0.261 e. The molecule has 6 heteroatoms. The van der Waals surface area contributed by atoms with Crippen LogP contribution in [0.15, 0.2) is 48.5 Å². The standard InChI is InChI=1S/C21H25ClN2O3/c1-4-19(21(26)23-3)24(13-16-8-5-7-15(2)11-16)20(25)14-27-18-10-6-9-17(22)12-18/h5-12,19H,4,13-14H2,1-3H3,(H,23,26)/t19-/m0/s1. The van der Waals surface area contributed by atoms with E-state index in [0.717, 1.165) is 11.1 Å². The maximum absolute atomic E-state index is 12.9. The predicted octanol–water partition coefficient (Wildman–Crippen LogP) is 3.58. The second-order valence-corrected chi connectivity index (χ2v) is 6.73. The predicted molar refractivity (Wildman–Crippen MR) is 107 cm³/mol. The van der Waals surface area contributed by atoms with Gasteiger partial charge in [0.05, 0.1) is 0 Å². The zero-order valence-corrected chi connectivity index (χ0v) is 16.6. The van der Waals surface area contributed by atoms with Crippen molar-refractivity contribution in [2.24, 2.45) is 0 Å². The number of nitrogens with zero attached hydrogens (tertiary/aromatic N) is 1. The van der Waals surface area contributed by atoms with Crippen LogP contribution in [0.25, 0.3) is 0 Å². The van der Waals surface area contributed by atoms with E-state index in [0.29, 0.717) is 23.7 Å². The van der Waals surface area contributed by atoms with Crippen LogP contribution in [0.5, 0.6) is 5.75 Å². The molecule has 0 aliphatic heterocycles. The van der Waals surface area contributed by atoms with Crippen LogP contribution in [0.3, 0.4) is 0 Å². The van der Waals surface area contributed by atoms with Crippen molar-refractivity contribution in [3.05, 3.63) is 64.7 Å². The monoisotopic (exact) mass is 388 g/mol. The van der Waals surface area contributed by atoms with E-state index in [9.17, 15) is 9.59 Å². The van der Waals surface area contributed by atoms with Crippen LogP contribution in [0.1, 0.15) is 24.5 Å². The summed E-state index contributed by atoms with van der Waals surface area (Å²) in [5.74, 6) is 0.0625. The first kappa shape index (κ1) is 20.8. The summed E-state index contributed by atoms with van der Waals surface area (Å²) < 4.78 is 5.59. The van der Waals surface area contributed by atoms with Crippen molar-refractivity contribution in [2.75, 3.05) is 13.7 Å². The largest absolute Gasteiger partial charge is 0.484 e. The Labute approximate surface area is 165 Å². The van der Waals surface area contributed by atoms with Crippen LogP contribution in [0.2, 0.25) is 5.02 Å². The van der Waals surface area contributed by atoms with Gasteiger partial charge in [-0.15, -0.1) is 0 Å². The number of halogens is 1. The van der Waals surface area contributed by atoms with E-state index in [-0.39, 0.29) is 18.4 Å². The van der Waals surface area contributed by atoms with Gasteiger partial charge in [0.15, 0.2) is 6.61 Å². The third-order valence-electron chi connectivity index (χ3n) is 4.23. The quantitative estimate of drug-likeness (QED) is 0.751. The number of nitrogens with one attached hydrogen (secondary N) is 1. The summed E-state index contributed by atoms with van der Waals surface area (Å²) in [5, 5.41) is 3.17. The molecule has 0 bridgehead atoms. The van der Waals surface area contributed by atoms with Crippen LogP contribution in [0, 0.1) is 6.92 Å². The molecule has 144 valence electrons. The minimum atomic E-state index is -0.564. The molecule has 2 rings (SSSR count). The lowest BCUT2D eigenvalue weighted by Gasteiger charge is -2.30. The summed E-state index contributed by atoms with van der Waals surface area (Å²) in [7, 11) is 1.57. The number of ether oxygens (including phenoxy) is 1. The first-order valence-corrected chi connectivity index (χ1v) is 9.27. The number of rotatable bonds is 8. The summed E-state index contributed by atoms with van der Waals surface area (Å²) in [6.45, 7) is 4.05. The molecular formula is C21H25ClN2O3. The minimum Gasteiger partial charge on any atom is -0.484 e. The van der Waals surface area contributed by atoms with Gasteiger partial charge in [0.2, 0.25) is 5.91 Å². The molecule has 0 aliphatic rings. The Morgan fingerprint density at radius 3 is 2.56 bits per heavy atom. The zero-order valence-electron chi connectivity index (χ0n) is 15.9. The van der Waals surface area contributed by atoms with Gasteiger partial charge in [-0.2, -0.15) is 0 Å². The number of aryl methyl sites for hydroxylation is 1. The van der Waals surface area contributed by atoms with Gasteiger partial charge in [-0.3, -0.25) is 9.59 Å². The third kappa shape index (κ3) is 6.00. The highest BCUT2D eigenvalue weighted by atomic mass is 35.5. The van der Waals surface area contributed by atoms with Crippen LogP contribution in [-0.2, 0) is 16.1 Å². The SMILES string of the molecule is CC[C@@H](C(=O)NC)N(Cc1cccc(C)c1)C(=O)COc1cccc(Cl)c1. The van der Waals surface area contributed by atoms with E-state index in [1.54, 1.807) is 36.2 Å². The Balaban J connectivity index is 2.18. The number of amides is 2. The number of carbonyl (C=O) groups is 2. The van der Waals surface area contributed by atoms with Crippen LogP contribution in [0.4, 0.5) is 0 Å².